The first-order valence-electron chi connectivity index (χ1n) is 4.88. The maximum absolute atomic E-state index is 5.96. The lowest BCUT2D eigenvalue weighted by molar-refractivity contribution is 0.582. The highest BCUT2D eigenvalue weighted by molar-refractivity contribution is 6.31. The Morgan fingerprint density at radius 1 is 1.33 bits per heavy atom. The van der Waals surface area contributed by atoms with Crippen molar-refractivity contribution in [2.24, 2.45) is 0 Å². The number of hydrogen-bond acceptors (Lipinski definition) is 2. The molecule has 0 amide bonds. The predicted molar refractivity (Wildman–Crippen MR) is 63.3 cm³/mol. The summed E-state index contributed by atoms with van der Waals surface area (Å²) in [7, 11) is 0. The summed E-state index contributed by atoms with van der Waals surface area (Å²) in [5.74, 6) is 0.827. The van der Waals surface area contributed by atoms with Crippen LogP contribution < -0.4 is 5.32 Å². The van der Waals surface area contributed by atoms with E-state index in [1.807, 2.05) is 30.3 Å². The number of anilines is 1. The van der Waals surface area contributed by atoms with Crippen molar-refractivity contribution in [3.8, 4) is 11.3 Å². The molecule has 15 heavy (non-hydrogen) atoms. The molecule has 0 unspecified atom stereocenters. The molecular weight excluding hydrogens is 210 g/mol. The van der Waals surface area contributed by atoms with Crippen LogP contribution in [0.2, 0.25) is 5.02 Å². The lowest BCUT2D eigenvalue weighted by Gasteiger charge is -2.08. The van der Waals surface area contributed by atoms with Gasteiger partial charge < -0.3 is 9.73 Å². The molecule has 0 aliphatic rings. The highest BCUT2D eigenvalue weighted by atomic mass is 35.5. The Bertz CT molecular complexity index is 437. The monoisotopic (exact) mass is 221 g/mol. The third kappa shape index (κ3) is 2.16. The highest BCUT2D eigenvalue weighted by Gasteiger charge is 2.07. The van der Waals surface area contributed by atoms with Crippen LogP contribution in [0.1, 0.15) is 6.92 Å². The van der Waals surface area contributed by atoms with Crippen LogP contribution in [-0.4, -0.2) is 6.54 Å². The standard InChI is InChI=1S/C12H12ClNO/c1-2-14-11-6-5-9(13)8-10(11)12-4-3-7-15-12/h3-8,14H,2H2,1H3. The number of rotatable bonds is 3. The lowest BCUT2D eigenvalue weighted by Crippen LogP contribution is -1.98. The van der Waals surface area contributed by atoms with E-state index in [0.29, 0.717) is 5.02 Å². The van der Waals surface area contributed by atoms with Crippen molar-refractivity contribution in [3.63, 3.8) is 0 Å². The van der Waals surface area contributed by atoms with Crippen molar-refractivity contribution >= 4 is 17.3 Å². The van der Waals surface area contributed by atoms with Gasteiger partial charge in [0.05, 0.1) is 6.26 Å². The molecular formula is C12H12ClNO. The molecule has 0 saturated heterocycles. The van der Waals surface area contributed by atoms with Crippen LogP contribution >= 0.6 is 11.6 Å². The van der Waals surface area contributed by atoms with Gasteiger partial charge in [-0.2, -0.15) is 0 Å². The van der Waals surface area contributed by atoms with Crippen LogP contribution in [0.5, 0.6) is 0 Å². The Morgan fingerprint density at radius 3 is 2.87 bits per heavy atom. The molecule has 78 valence electrons. The summed E-state index contributed by atoms with van der Waals surface area (Å²) < 4.78 is 5.36. The summed E-state index contributed by atoms with van der Waals surface area (Å²) in [6.45, 7) is 2.93. The molecule has 3 heteroatoms. The van der Waals surface area contributed by atoms with Gasteiger partial charge in [-0.05, 0) is 37.3 Å². The summed E-state index contributed by atoms with van der Waals surface area (Å²) in [6, 6.07) is 9.52. The van der Waals surface area contributed by atoms with E-state index in [2.05, 4.69) is 12.2 Å². The van der Waals surface area contributed by atoms with E-state index >= 15 is 0 Å². The number of furan rings is 1. The normalized spacial score (nSPS) is 10.3. The molecule has 0 fully saturated rings. The zero-order valence-electron chi connectivity index (χ0n) is 8.46. The summed E-state index contributed by atoms with van der Waals surface area (Å²) in [6.07, 6.45) is 1.66. The summed E-state index contributed by atoms with van der Waals surface area (Å²) >= 11 is 5.96. The topological polar surface area (TPSA) is 25.2 Å². The largest absolute Gasteiger partial charge is 0.464 e. The number of hydrogen-bond donors (Lipinski definition) is 1. The molecule has 0 aliphatic carbocycles. The number of benzene rings is 1. The lowest BCUT2D eigenvalue weighted by atomic mass is 10.1. The van der Waals surface area contributed by atoms with Crippen molar-refractivity contribution in [2.45, 2.75) is 6.92 Å². The number of halogens is 1. The Labute approximate surface area is 93.9 Å². The van der Waals surface area contributed by atoms with Crippen molar-refractivity contribution in [1.82, 2.24) is 0 Å². The highest BCUT2D eigenvalue weighted by Crippen LogP contribution is 2.30. The first-order valence-corrected chi connectivity index (χ1v) is 5.26. The zero-order valence-corrected chi connectivity index (χ0v) is 9.21. The number of nitrogens with one attached hydrogen (secondary N) is 1. The Morgan fingerprint density at radius 2 is 2.20 bits per heavy atom. The van der Waals surface area contributed by atoms with Gasteiger partial charge in [-0.15, -0.1) is 0 Å². The minimum absolute atomic E-state index is 0.711. The van der Waals surface area contributed by atoms with Crippen LogP contribution in [0.3, 0.4) is 0 Å². The van der Waals surface area contributed by atoms with E-state index < -0.39 is 0 Å². The molecule has 2 nitrogen and oxygen atoms in total. The summed E-state index contributed by atoms with van der Waals surface area (Å²) in [4.78, 5) is 0. The molecule has 0 radical (unpaired) electrons. The van der Waals surface area contributed by atoms with E-state index in [-0.39, 0.29) is 0 Å². The van der Waals surface area contributed by atoms with Crippen molar-refractivity contribution in [3.05, 3.63) is 41.6 Å². The van der Waals surface area contributed by atoms with Crippen LogP contribution in [0.15, 0.2) is 41.0 Å². The van der Waals surface area contributed by atoms with Crippen LogP contribution in [-0.2, 0) is 0 Å². The Kier molecular flexibility index (Phi) is 2.97. The smallest absolute Gasteiger partial charge is 0.135 e. The van der Waals surface area contributed by atoms with E-state index in [1.165, 1.54) is 0 Å². The third-order valence-electron chi connectivity index (χ3n) is 2.14. The van der Waals surface area contributed by atoms with Gasteiger partial charge in [0.1, 0.15) is 5.76 Å². The zero-order chi connectivity index (χ0) is 10.7. The van der Waals surface area contributed by atoms with Crippen LogP contribution in [0.25, 0.3) is 11.3 Å². The SMILES string of the molecule is CCNc1ccc(Cl)cc1-c1ccco1. The van der Waals surface area contributed by atoms with E-state index in [1.54, 1.807) is 6.26 Å². The van der Waals surface area contributed by atoms with E-state index in [9.17, 15) is 0 Å². The average Bonchev–Trinajstić information content (AvgIpc) is 2.74. The second-order valence-electron chi connectivity index (χ2n) is 3.20. The molecule has 1 heterocycles. The van der Waals surface area contributed by atoms with Gasteiger partial charge in [0.2, 0.25) is 0 Å². The average molecular weight is 222 g/mol. The maximum atomic E-state index is 5.96. The molecule has 2 aromatic rings. The predicted octanol–water partition coefficient (Wildman–Crippen LogP) is 4.03. The van der Waals surface area contributed by atoms with Crippen LogP contribution in [0, 0.1) is 0 Å². The first kappa shape index (κ1) is 10.1. The molecule has 0 spiro atoms. The molecule has 0 atom stereocenters. The van der Waals surface area contributed by atoms with Crippen molar-refractivity contribution < 1.29 is 4.42 Å². The quantitative estimate of drug-likeness (QED) is 0.847. The Hall–Kier alpha value is -1.41. The van der Waals surface area contributed by atoms with E-state index in [4.69, 9.17) is 16.0 Å². The summed E-state index contributed by atoms with van der Waals surface area (Å²) in [5.41, 5.74) is 2.03. The van der Waals surface area contributed by atoms with Gasteiger partial charge >= 0.3 is 0 Å². The maximum Gasteiger partial charge on any atom is 0.135 e. The van der Waals surface area contributed by atoms with Gasteiger partial charge in [0.25, 0.3) is 0 Å². The molecule has 1 aromatic heterocycles. The fourth-order valence-corrected chi connectivity index (χ4v) is 1.67. The molecule has 0 aliphatic heterocycles. The molecule has 1 aromatic carbocycles. The molecule has 1 N–H and O–H groups in total. The minimum atomic E-state index is 0.711. The fourth-order valence-electron chi connectivity index (χ4n) is 1.50. The van der Waals surface area contributed by atoms with E-state index in [0.717, 1.165) is 23.6 Å². The van der Waals surface area contributed by atoms with Gasteiger partial charge in [0, 0.05) is 22.8 Å². The fraction of sp³-hybridized carbons (Fsp3) is 0.167. The van der Waals surface area contributed by atoms with Gasteiger partial charge in [0.15, 0.2) is 0 Å². The second kappa shape index (κ2) is 4.41. The third-order valence-corrected chi connectivity index (χ3v) is 2.37. The second-order valence-corrected chi connectivity index (χ2v) is 3.63. The van der Waals surface area contributed by atoms with Crippen molar-refractivity contribution in [1.29, 1.82) is 0 Å². The van der Waals surface area contributed by atoms with Gasteiger partial charge in [-0.1, -0.05) is 11.6 Å². The minimum Gasteiger partial charge on any atom is -0.464 e. The molecule has 0 saturated carbocycles. The van der Waals surface area contributed by atoms with Gasteiger partial charge in [-0.25, -0.2) is 0 Å². The Balaban J connectivity index is 2.47. The van der Waals surface area contributed by atoms with Crippen LogP contribution in [0.4, 0.5) is 5.69 Å². The molecule has 2 rings (SSSR count). The summed E-state index contributed by atoms with van der Waals surface area (Å²) in [5, 5.41) is 3.98. The van der Waals surface area contributed by atoms with Crippen molar-refractivity contribution in [2.75, 3.05) is 11.9 Å². The molecule has 0 bridgehead atoms. The first-order chi connectivity index (χ1) is 7.31. The van der Waals surface area contributed by atoms with Gasteiger partial charge in [-0.3, -0.25) is 0 Å².